The number of hydroxylamine groups is 2. The third kappa shape index (κ3) is 12.7. The number of aliphatic hydroxyl groups excluding tert-OH is 1. The summed E-state index contributed by atoms with van der Waals surface area (Å²) in [5.74, 6) is -2.34. The Hall–Kier alpha value is -6.25. The van der Waals surface area contributed by atoms with E-state index in [-0.39, 0.29) is 101 Å². The van der Waals surface area contributed by atoms with Crippen molar-refractivity contribution in [2.45, 2.75) is 78.3 Å². The second-order valence-electron chi connectivity index (χ2n) is 15.8. The van der Waals surface area contributed by atoms with Crippen LogP contribution in [0.15, 0.2) is 107 Å². The van der Waals surface area contributed by atoms with Gasteiger partial charge in [0.25, 0.3) is 11.8 Å². The lowest BCUT2D eigenvalue weighted by atomic mass is 9.96. The Bertz CT molecular complexity index is 2620. The summed E-state index contributed by atoms with van der Waals surface area (Å²) in [5.41, 5.74) is 4.76. The van der Waals surface area contributed by atoms with Crippen LogP contribution in [0, 0.1) is 24.2 Å². The van der Waals surface area contributed by atoms with Crippen molar-refractivity contribution in [2.24, 2.45) is 5.92 Å². The minimum absolute atomic E-state index is 0. The Morgan fingerprint density at radius 1 is 0.638 bits per heavy atom. The molecule has 69 heavy (non-hydrogen) atoms. The van der Waals surface area contributed by atoms with E-state index in [9.17, 15) is 46.4 Å². The number of ketones is 2. The normalized spacial score (nSPS) is 16.0. The standard InChI is InChI=1S/C24H26N2O8S.C23H27NO8S.CH4/c1-32-19-4-2-17(3-5-19)22(27)18(16-25)10-13-34-20-6-8-21(9-7-20)35(30,31)24(23(28)26-29)11-14-33-15-12-24;1-16-2-4-17(5-3-16)21(26)20(25)10-13-32-18-6-8-19(9-7-18)33(29,30)23(22(27)24-28)11-14-31-15-12-23;/h2-9,18,29H,10-15H2,1H3,(H,26,28);2-9,20,25,28H,10-15H2,1H3,(H,24,27);1H4. The Morgan fingerprint density at radius 2 is 1.01 bits per heavy atom. The highest BCUT2D eigenvalue weighted by atomic mass is 32.2. The van der Waals surface area contributed by atoms with Gasteiger partial charge < -0.3 is 28.8 Å². The fourth-order valence-electron chi connectivity index (χ4n) is 7.56. The molecule has 5 N–H and O–H groups in total. The molecule has 4 aromatic carbocycles. The number of hydrogen-bond donors (Lipinski definition) is 5. The molecule has 21 heteroatoms. The van der Waals surface area contributed by atoms with Gasteiger partial charge in [-0.25, -0.2) is 27.8 Å². The van der Waals surface area contributed by atoms with Crippen molar-refractivity contribution in [2.75, 3.05) is 46.8 Å². The van der Waals surface area contributed by atoms with Crippen molar-refractivity contribution >= 4 is 43.1 Å². The number of nitriles is 1. The number of nitrogens with zero attached hydrogens (tertiary/aromatic N) is 1. The first kappa shape index (κ1) is 55.3. The van der Waals surface area contributed by atoms with E-state index < -0.39 is 58.8 Å². The van der Waals surface area contributed by atoms with Crippen molar-refractivity contribution < 1.29 is 75.2 Å². The van der Waals surface area contributed by atoms with Crippen LogP contribution in [0.25, 0.3) is 0 Å². The maximum Gasteiger partial charge on any atom is 0.265 e. The minimum atomic E-state index is -4.14. The van der Waals surface area contributed by atoms with Gasteiger partial charge in [0.2, 0.25) is 0 Å². The summed E-state index contributed by atoms with van der Waals surface area (Å²) in [6.07, 6.45) is -1.35. The number of methoxy groups -OCH3 is 1. The highest BCUT2D eigenvalue weighted by Gasteiger charge is 2.53. The molecule has 0 aliphatic carbocycles. The van der Waals surface area contributed by atoms with E-state index in [1.54, 1.807) is 48.5 Å². The Morgan fingerprint density at radius 3 is 1.41 bits per heavy atom. The zero-order chi connectivity index (χ0) is 49.5. The highest BCUT2D eigenvalue weighted by molar-refractivity contribution is 7.94. The molecule has 0 radical (unpaired) electrons. The maximum absolute atomic E-state index is 13.3. The second kappa shape index (κ2) is 24.9. The highest BCUT2D eigenvalue weighted by Crippen LogP contribution is 2.37. The van der Waals surface area contributed by atoms with Crippen molar-refractivity contribution in [1.82, 2.24) is 11.0 Å². The summed E-state index contributed by atoms with van der Waals surface area (Å²) in [6, 6.07) is 26.4. The Balaban J connectivity index is 0.000000297. The van der Waals surface area contributed by atoms with Crippen molar-refractivity contribution in [3.8, 4) is 23.3 Å². The third-order valence-corrected chi connectivity index (χ3v) is 16.8. The molecule has 4 aromatic rings. The summed E-state index contributed by atoms with van der Waals surface area (Å²) in [5, 5.41) is 37.8. The molecule has 2 aliphatic rings. The first-order valence-electron chi connectivity index (χ1n) is 21.4. The van der Waals surface area contributed by atoms with Gasteiger partial charge in [0.1, 0.15) is 29.3 Å². The molecule has 2 saturated heterocycles. The monoisotopic (exact) mass is 995 g/mol. The molecule has 2 atom stereocenters. The summed E-state index contributed by atoms with van der Waals surface area (Å²) in [6.45, 7) is 2.31. The fourth-order valence-corrected chi connectivity index (χ4v) is 11.4. The van der Waals surface area contributed by atoms with Gasteiger partial charge in [0, 0.05) is 50.4 Å². The summed E-state index contributed by atoms with van der Waals surface area (Å²) < 4.78 is 75.9. The molecule has 2 amide bonds. The van der Waals surface area contributed by atoms with Crippen LogP contribution >= 0.6 is 0 Å². The van der Waals surface area contributed by atoms with Gasteiger partial charge >= 0.3 is 0 Å². The third-order valence-electron chi connectivity index (χ3n) is 11.7. The van der Waals surface area contributed by atoms with Gasteiger partial charge in [-0.15, -0.1) is 0 Å². The predicted octanol–water partition coefficient (Wildman–Crippen LogP) is 4.79. The van der Waals surface area contributed by atoms with Crippen LogP contribution < -0.4 is 25.2 Å². The quantitative estimate of drug-likeness (QED) is 0.0479. The predicted molar refractivity (Wildman–Crippen MR) is 248 cm³/mol. The first-order valence-corrected chi connectivity index (χ1v) is 24.3. The van der Waals surface area contributed by atoms with E-state index in [0.29, 0.717) is 28.4 Å². The molecule has 0 spiro atoms. The molecule has 0 aromatic heterocycles. The van der Waals surface area contributed by atoms with Crippen molar-refractivity contribution in [3.63, 3.8) is 0 Å². The average molecular weight is 996 g/mol. The smallest absolute Gasteiger partial charge is 0.265 e. The zero-order valence-corrected chi connectivity index (χ0v) is 38.9. The van der Waals surface area contributed by atoms with E-state index >= 15 is 0 Å². The topological polar surface area (TPSA) is 291 Å². The number of Topliss-reactive ketones (excluding diaryl/α,β-unsaturated/α-hetero) is 2. The largest absolute Gasteiger partial charge is 0.497 e. The van der Waals surface area contributed by atoms with Crippen LogP contribution in [0.1, 0.15) is 72.2 Å². The number of nitrogens with one attached hydrogen (secondary N) is 2. The van der Waals surface area contributed by atoms with Crippen molar-refractivity contribution in [1.29, 1.82) is 5.26 Å². The number of hydrogen-bond acceptors (Lipinski definition) is 17. The number of amides is 2. The molecule has 2 unspecified atom stereocenters. The maximum atomic E-state index is 13.3. The molecule has 372 valence electrons. The second-order valence-corrected chi connectivity index (χ2v) is 20.4. The molecule has 0 saturated carbocycles. The lowest BCUT2D eigenvalue weighted by molar-refractivity contribution is -0.135. The summed E-state index contributed by atoms with van der Waals surface area (Å²) >= 11 is 0. The number of carbonyl (C=O) groups excluding carboxylic acids is 4. The minimum Gasteiger partial charge on any atom is -0.497 e. The molecular formula is C48H57N3O16S2. The number of benzene rings is 4. The van der Waals surface area contributed by atoms with E-state index in [2.05, 4.69) is 0 Å². The Labute approximate surface area is 401 Å². The van der Waals surface area contributed by atoms with Gasteiger partial charge in [-0.1, -0.05) is 37.3 Å². The van der Waals surface area contributed by atoms with Gasteiger partial charge in [-0.3, -0.25) is 29.6 Å². The number of aliphatic hydroxyl groups is 1. The van der Waals surface area contributed by atoms with Crippen LogP contribution in [-0.4, -0.2) is 118 Å². The van der Waals surface area contributed by atoms with Gasteiger partial charge in [0.15, 0.2) is 40.7 Å². The molecule has 2 fully saturated rings. The molecular weight excluding hydrogens is 939 g/mol. The van der Waals surface area contributed by atoms with E-state index in [0.717, 1.165) is 5.56 Å². The number of rotatable bonds is 19. The number of aryl methyl sites for hydroxylation is 1. The summed E-state index contributed by atoms with van der Waals surface area (Å²) in [7, 11) is -6.75. The van der Waals surface area contributed by atoms with Crippen LogP contribution in [-0.2, 0) is 38.7 Å². The van der Waals surface area contributed by atoms with Crippen LogP contribution in [0.2, 0.25) is 0 Å². The first-order chi connectivity index (χ1) is 32.5. The van der Waals surface area contributed by atoms with Crippen molar-refractivity contribution in [3.05, 3.63) is 114 Å². The van der Waals surface area contributed by atoms with Gasteiger partial charge in [-0.05, 0) is 105 Å². The fraction of sp³-hybridized carbons (Fsp3) is 0.396. The van der Waals surface area contributed by atoms with Crippen LogP contribution in [0.3, 0.4) is 0 Å². The van der Waals surface area contributed by atoms with Crippen LogP contribution in [0.5, 0.6) is 17.2 Å². The number of ether oxygens (including phenoxy) is 5. The van der Waals surface area contributed by atoms with Crippen LogP contribution in [0.4, 0.5) is 0 Å². The summed E-state index contributed by atoms with van der Waals surface area (Å²) in [4.78, 5) is 49.3. The lowest BCUT2D eigenvalue weighted by Gasteiger charge is -2.34. The Kier molecular flexibility index (Phi) is 19.9. The number of sulfone groups is 2. The molecule has 2 heterocycles. The van der Waals surface area contributed by atoms with Gasteiger partial charge in [-0.2, -0.15) is 5.26 Å². The van der Waals surface area contributed by atoms with Gasteiger partial charge in [0.05, 0.1) is 36.2 Å². The SMILES string of the molecule is C.COc1ccc(C(=O)C(C#N)CCOc2ccc(S(=O)(=O)C3(C(=O)NO)CCOCC3)cc2)cc1.Cc1ccc(C(=O)C(O)CCOc2ccc(S(=O)(=O)C3(C(=O)NO)CCOCC3)cc2)cc1. The van der Waals surface area contributed by atoms with E-state index in [1.807, 2.05) is 13.0 Å². The average Bonchev–Trinajstić information content (AvgIpc) is 3.37. The zero-order valence-electron chi connectivity index (χ0n) is 37.3. The molecule has 2 aliphatic heterocycles. The van der Waals surface area contributed by atoms with E-state index in [1.165, 1.54) is 66.6 Å². The van der Waals surface area contributed by atoms with E-state index in [4.69, 9.17) is 34.1 Å². The molecule has 0 bridgehead atoms. The lowest BCUT2D eigenvalue weighted by Crippen LogP contribution is -2.54. The molecule has 19 nitrogen and oxygen atoms in total. The number of carbonyl (C=O) groups is 4. The molecule has 6 rings (SSSR count).